The number of hydrogen-bond donors (Lipinski definition) is 2. The van der Waals surface area contributed by atoms with E-state index in [1.54, 1.807) is 11.0 Å². The lowest BCUT2D eigenvalue weighted by Gasteiger charge is -2.27. The van der Waals surface area contributed by atoms with Gasteiger partial charge in [-0.3, -0.25) is 10.2 Å². The molecule has 0 aliphatic carbocycles. The number of carbonyl (C=O) groups excluding carboxylic acids is 1. The highest BCUT2D eigenvalue weighted by molar-refractivity contribution is 7.91. The summed E-state index contributed by atoms with van der Waals surface area (Å²) >= 11 is 14.3. The van der Waals surface area contributed by atoms with Gasteiger partial charge in [0, 0.05) is 19.6 Å². The van der Waals surface area contributed by atoms with Crippen LogP contribution in [0.2, 0.25) is 9.36 Å². The molecule has 1 atom stereocenters. The molecule has 2 aromatic heterocycles. The summed E-state index contributed by atoms with van der Waals surface area (Å²) in [6.45, 7) is 0.796. The van der Waals surface area contributed by atoms with Gasteiger partial charge >= 0.3 is 0 Å². The van der Waals surface area contributed by atoms with Gasteiger partial charge < -0.3 is 10.6 Å². The largest absolute Gasteiger partial charge is 0.383 e. The number of nitrogens with one attached hydrogen (secondary N) is 1. The summed E-state index contributed by atoms with van der Waals surface area (Å²) in [5, 5.41) is 9.57. The van der Waals surface area contributed by atoms with Gasteiger partial charge in [-0.25, -0.2) is 8.42 Å². The van der Waals surface area contributed by atoms with E-state index in [1.807, 2.05) is 35.7 Å². The number of amidine groups is 1. The Morgan fingerprint density at radius 2 is 1.94 bits per heavy atom. The molecule has 1 aliphatic rings. The molecule has 0 radical (unpaired) electrons. The van der Waals surface area contributed by atoms with E-state index >= 15 is 0 Å². The first-order valence-corrected chi connectivity index (χ1v) is 13.8. The highest BCUT2D eigenvalue weighted by atomic mass is 35.5. The summed E-state index contributed by atoms with van der Waals surface area (Å²) in [6, 6.07) is 11.4. The molecule has 0 bridgehead atoms. The second-order valence-electron chi connectivity index (χ2n) is 7.52. The molecule has 0 spiro atoms. The zero-order chi connectivity index (χ0) is 23.8. The van der Waals surface area contributed by atoms with Crippen LogP contribution in [0.25, 0.3) is 0 Å². The third-order valence-electron chi connectivity index (χ3n) is 5.28. The predicted octanol–water partition coefficient (Wildman–Crippen LogP) is 4.39. The Hall–Kier alpha value is -1.95. The third-order valence-corrected chi connectivity index (χ3v) is 10.5. The average Bonchev–Trinajstić information content (AvgIpc) is 3.48. The molecule has 3 aromatic rings. The van der Waals surface area contributed by atoms with Crippen molar-refractivity contribution in [1.29, 1.82) is 5.41 Å². The Labute approximate surface area is 209 Å². The van der Waals surface area contributed by atoms with Crippen LogP contribution in [0, 0.1) is 5.41 Å². The van der Waals surface area contributed by atoms with Crippen LogP contribution in [0.1, 0.15) is 22.4 Å². The molecule has 12 heteroatoms. The number of halogens is 2. The summed E-state index contributed by atoms with van der Waals surface area (Å²) in [6.07, 6.45) is 0.363. The highest BCUT2D eigenvalue weighted by Crippen LogP contribution is 2.37. The van der Waals surface area contributed by atoms with Gasteiger partial charge in [-0.1, -0.05) is 53.5 Å². The van der Waals surface area contributed by atoms with Gasteiger partial charge in [0.05, 0.1) is 9.90 Å². The van der Waals surface area contributed by atoms with Gasteiger partial charge in [0.2, 0.25) is 5.91 Å². The van der Waals surface area contributed by atoms with Crippen LogP contribution in [-0.2, 0) is 27.9 Å². The number of hydrogen-bond acceptors (Lipinski definition) is 6. The van der Waals surface area contributed by atoms with Gasteiger partial charge in [0.1, 0.15) is 20.4 Å². The number of benzene rings is 1. The van der Waals surface area contributed by atoms with Gasteiger partial charge in [-0.2, -0.15) is 4.31 Å². The quantitative estimate of drug-likeness (QED) is 0.325. The number of thiophene rings is 2. The second-order valence-corrected chi connectivity index (χ2v) is 12.6. The summed E-state index contributed by atoms with van der Waals surface area (Å²) in [5.74, 6) is -0.288. The minimum Gasteiger partial charge on any atom is -0.383 e. The number of rotatable bonds is 8. The normalized spacial score (nSPS) is 16.6. The first kappa shape index (κ1) is 24.2. The second kappa shape index (κ2) is 9.73. The highest BCUT2D eigenvalue weighted by Gasteiger charge is 2.42. The fourth-order valence-electron chi connectivity index (χ4n) is 3.66. The molecule has 1 saturated heterocycles. The standard InChI is InChI=1S/C21H20Cl2N4O3S3/c22-15-9-18(32-19(15)23)33(29,30)27(11-13-4-2-1-3-5-13)16-6-7-26(21(16)28)10-14-8-17(20(24)25)31-12-14/h1-5,8-9,12,16H,6-7,10-11H2,(H3,24,25)/t16-/m0/s1. The van der Waals surface area contributed by atoms with Crippen LogP contribution < -0.4 is 5.73 Å². The summed E-state index contributed by atoms with van der Waals surface area (Å²) in [4.78, 5) is 15.6. The Morgan fingerprint density at radius 1 is 1.21 bits per heavy atom. The molecule has 0 saturated carbocycles. The molecule has 1 amide bonds. The lowest BCUT2D eigenvalue weighted by molar-refractivity contribution is -0.131. The first-order chi connectivity index (χ1) is 15.7. The molecule has 3 N–H and O–H groups in total. The van der Waals surface area contributed by atoms with Gasteiger partial charge in [0.25, 0.3) is 10.0 Å². The van der Waals surface area contributed by atoms with Crippen molar-refractivity contribution in [3.05, 3.63) is 73.2 Å². The molecule has 0 unspecified atom stereocenters. The van der Waals surface area contributed by atoms with E-state index in [1.165, 1.54) is 21.7 Å². The lowest BCUT2D eigenvalue weighted by Crippen LogP contribution is -2.44. The van der Waals surface area contributed by atoms with Gasteiger partial charge in [-0.15, -0.1) is 22.7 Å². The van der Waals surface area contributed by atoms with E-state index in [0.29, 0.717) is 24.4 Å². The molecule has 33 heavy (non-hydrogen) atoms. The van der Waals surface area contributed by atoms with Crippen LogP contribution in [0.4, 0.5) is 0 Å². The number of carbonyl (C=O) groups is 1. The Kier molecular flexibility index (Phi) is 7.13. The van der Waals surface area contributed by atoms with Gasteiger partial charge in [-0.05, 0) is 35.1 Å². The Morgan fingerprint density at radius 3 is 2.55 bits per heavy atom. The van der Waals surface area contributed by atoms with E-state index in [0.717, 1.165) is 22.5 Å². The maximum absolute atomic E-state index is 13.6. The van der Waals surface area contributed by atoms with E-state index in [9.17, 15) is 13.2 Å². The SMILES string of the molecule is N=C(N)c1cc(CN2CC[C@H](N(Cc3ccccc3)S(=O)(=O)c3cc(Cl)c(Cl)s3)C2=O)cs1. The van der Waals surface area contributed by atoms with Crippen molar-refractivity contribution < 1.29 is 13.2 Å². The maximum atomic E-state index is 13.6. The number of nitrogen functional groups attached to an aromatic ring is 1. The molecule has 1 aliphatic heterocycles. The van der Waals surface area contributed by atoms with Crippen LogP contribution in [0.15, 0.2) is 52.1 Å². The molecular formula is C21H20Cl2N4O3S3. The van der Waals surface area contributed by atoms with E-state index in [-0.39, 0.29) is 31.9 Å². The molecule has 1 aromatic carbocycles. The summed E-state index contributed by atoms with van der Waals surface area (Å²) < 4.78 is 28.6. The Bertz CT molecular complexity index is 1270. The third kappa shape index (κ3) is 5.11. The van der Waals surface area contributed by atoms with Crippen molar-refractivity contribution in [3.8, 4) is 0 Å². The molecule has 1 fully saturated rings. The molecule has 174 valence electrons. The molecule has 3 heterocycles. The van der Waals surface area contributed by atoms with Crippen molar-refractivity contribution >= 4 is 67.6 Å². The maximum Gasteiger partial charge on any atom is 0.253 e. The zero-order valence-corrected chi connectivity index (χ0v) is 21.2. The minimum absolute atomic E-state index is 0.00335. The molecule has 4 rings (SSSR count). The lowest BCUT2D eigenvalue weighted by atomic mass is 10.2. The van der Waals surface area contributed by atoms with Crippen molar-refractivity contribution in [2.75, 3.05) is 6.54 Å². The summed E-state index contributed by atoms with van der Waals surface area (Å²) in [7, 11) is -4.03. The number of nitrogens with zero attached hydrogens (tertiary/aromatic N) is 2. The number of nitrogens with two attached hydrogens (primary N) is 1. The van der Waals surface area contributed by atoms with Gasteiger partial charge in [0.15, 0.2) is 0 Å². The van der Waals surface area contributed by atoms with E-state index in [4.69, 9.17) is 34.3 Å². The van der Waals surface area contributed by atoms with Crippen molar-refractivity contribution in [2.45, 2.75) is 29.8 Å². The number of likely N-dealkylation sites (tertiary alicyclic amines) is 1. The minimum atomic E-state index is -4.03. The van der Waals surface area contributed by atoms with Crippen molar-refractivity contribution in [3.63, 3.8) is 0 Å². The van der Waals surface area contributed by atoms with Crippen molar-refractivity contribution in [2.24, 2.45) is 5.73 Å². The average molecular weight is 544 g/mol. The monoisotopic (exact) mass is 542 g/mol. The van der Waals surface area contributed by atoms with Crippen LogP contribution in [0.3, 0.4) is 0 Å². The summed E-state index contributed by atoms with van der Waals surface area (Å²) in [5.41, 5.74) is 7.16. The zero-order valence-electron chi connectivity index (χ0n) is 17.2. The molecular weight excluding hydrogens is 523 g/mol. The number of sulfonamides is 1. The van der Waals surface area contributed by atoms with Crippen LogP contribution in [0.5, 0.6) is 0 Å². The fourth-order valence-corrected chi connectivity index (χ4v) is 8.04. The fraction of sp³-hybridized carbons (Fsp3) is 0.238. The molecule has 7 nitrogen and oxygen atoms in total. The van der Waals surface area contributed by atoms with E-state index < -0.39 is 16.1 Å². The van der Waals surface area contributed by atoms with Crippen LogP contribution >= 0.6 is 45.9 Å². The van der Waals surface area contributed by atoms with Crippen LogP contribution in [-0.4, -0.2) is 42.0 Å². The predicted molar refractivity (Wildman–Crippen MR) is 133 cm³/mol. The smallest absolute Gasteiger partial charge is 0.253 e. The van der Waals surface area contributed by atoms with E-state index in [2.05, 4.69) is 0 Å². The number of amides is 1. The topological polar surface area (TPSA) is 108 Å². The first-order valence-electron chi connectivity index (χ1n) is 9.88. The Balaban J connectivity index is 1.62. The van der Waals surface area contributed by atoms with Crippen molar-refractivity contribution in [1.82, 2.24) is 9.21 Å².